The van der Waals surface area contributed by atoms with E-state index in [9.17, 15) is 4.79 Å². The molecule has 1 aromatic carbocycles. The van der Waals surface area contributed by atoms with Gasteiger partial charge in [0.15, 0.2) is 0 Å². The number of hydrogen-bond donors (Lipinski definition) is 2. The molecule has 1 saturated heterocycles. The third kappa shape index (κ3) is 7.42. The molecule has 2 rings (SSSR count). The topological polar surface area (TPSA) is 76.8 Å². The van der Waals surface area contributed by atoms with E-state index in [2.05, 4.69) is 17.3 Å². The van der Waals surface area contributed by atoms with E-state index in [0.29, 0.717) is 32.2 Å². The molecule has 6 nitrogen and oxygen atoms in total. The molecule has 25 heavy (non-hydrogen) atoms. The second kappa shape index (κ2) is 11.1. The van der Waals surface area contributed by atoms with Crippen LogP contribution in [0.1, 0.15) is 31.2 Å². The highest BCUT2D eigenvalue weighted by Crippen LogP contribution is 2.15. The van der Waals surface area contributed by atoms with Crippen molar-refractivity contribution >= 4 is 5.91 Å². The maximum Gasteiger partial charge on any atom is 0.220 e. The van der Waals surface area contributed by atoms with Crippen LogP contribution >= 0.6 is 0 Å². The van der Waals surface area contributed by atoms with Crippen molar-refractivity contribution < 1.29 is 14.3 Å². The fourth-order valence-electron chi connectivity index (χ4n) is 2.91. The van der Waals surface area contributed by atoms with Gasteiger partial charge in [-0.2, -0.15) is 0 Å². The molecule has 1 aliphatic heterocycles. The summed E-state index contributed by atoms with van der Waals surface area (Å²) in [5.74, 6) is 0.879. The predicted molar refractivity (Wildman–Crippen MR) is 98.5 cm³/mol. The van der Waals surface area contributed by atoms with Crippen molar-refractivity contribution in [3.05, 3.63) is 29.8 Å². The minimum Gasteiger partial charge on any atom is -0.492 e. The Hall–Kier alpha value is -1.63. The fourth-order valence-corrected chi connectivity index (χ4v) is 2.91. The molecule has 0 aliphatic carbocycles. The van der Waals surface area contributed by atoms with Gasteiger partial charge >= 0.3 is 0 Å². The molecule has 0 unspecified atom stereocenters. The van der Waals surface area contributed by atoms with E-state index >= 15 is 0 Å². The maximum absolute atomic E-state index is 11.6. The first-order valence-electron chi connectivity index (χ1n) is 9.15. The zero-order chi connectivity index (χ0) is 17.9. The number of nitrogens with zero attached hydrogens (tertiary/aromatic N) is 1. The lowest BCUT2D eigenvalue weighted by Crippen LogP contribution is -2.38. The summed E-state index contributed by atoms with van der Waals surface area (Å²) < 4.78 is 11.3. The molecular formula is C19H31N3O3. The molecule has 1 heterocycles. The van der Waals surface area contributed by atoms with Crippen molar-refractivity contribution in [2.75, 3.05) is 40.0 Å². The van der Waals surface area contributed by atoms with Crippen LogP contribution in [-0.4, -0.2) is 56.8 Å². The van der Waals surface area contributed by atoms with E-state index in [1.807, 2.05) is 24.3 Å². The van der Waals surface area contributed by atoms with E-state index < -0.39 is 0 Å². The van der Waals surface area contributed by atoms with E-state index in [0.717, 1.165) is 50.3 Å². The highest BCUT2D eigenvalue weighted by atomic mass is 16.5. The molecule has 0 bridgehead atoms. The van der Waals surface area contributed by atoms with E-state index in [1.165, 1.54) is 0 Å². The summed E-state index contributed by atoms with van der Waals surface area (Å²) >= 11 is 0. The minimum absolute atomic E-state index is 0.0369. The van der Waals surface area contributed by atoms with Gasteiger partial charge in [-0.3, -0.25) is 9.69 Å². The van der Waals surface area contributed by atoms with Gasteiger partial charge < -0.3 is 20.5 Å². The SMILES string of the molecule is CN(CCOc1cccc(CNC(=O)CCCN)c1)C1CCOCC1. The van der Waals surface area contributed by atoms with Crippen LogP contribution in [0.4, 0.5) is 0 Å². The Balaban J connectivity index is 1.70. The van der Waals surface area contributed by atoms with Crippen molar-refractivity contribution in [2.24, 2.45) is 5.73 Å². The molecule has 1 amide bonds. The molecule has 0 saturated carbocycles. The smallest absolute Gasteiger partial charge is 0.220 e. The monoisotopic (exact) mass is 349 g/mol. The van der Waals surface area contributed by atoms with Gasteiger partial charge in [0.25, 0.3) is 0 Å². The van der Waals surface area contributed by atoms with Crippen LogP contribution in [0.15, 0.2) is 24.3 Å². The Kier molecular flexibility index (Phi) is 8.72. The average Bonchev–Trinajstić information content (AvgIpc) is 2.65. The van der Waals surface area contributed by atoms with Crippen LogP contribution in [0.3, 0.4) is 0 Å². The van der Waals surface area contributed by atoms with Gasteiger partial charge in [0, 0.05) is 38.8 Å². The number of rotatable bonds is 10. The van der Waals surface area contributed by atoms with Gasteiger partial charge in [0.2, 0.25) is 5.91 Å². The summed E-state index contributed by atoms with van der Waals surface area (Å²) in [5.41, 5.74) is 6.45. The molecule has 0 atom stereocenters. The second-order valence-electron chi connectivity index (χ2n) is 6.49. The van der Waals surface area contributed by atoms with Gasteiger partial charge in [-0.25, -0.2) is 0 Å². The lowest BCUT2D eigenvalue weighted by Gasteiger charge is -2.31. The van der Waals surface area contributed by atoms with Gasteiger partial charge in [-0.15, -0.1) is 0 Å². The third-order valence-electron chi connectivity index (χ3n) is 4.52. The van der Waals surface area contributed by atoms with E-state index in [4.69, 9.17) is 15.2 Å². The average molecular weight is 349 g/mol. The number of ether oxygens (including phenoxy) is 2. The van der Waals surface area contributed by atoms with Gasteiger partial charge in [-0.1, -0.05) is 12.1 Å². The molecule has 140 valence electrons. The van der Waals surface area contributed by atoms with Crippen LogP contribution in [0.5, 0.6) is 5.75 Å². The standard InChI is InChI=1S/C19H31N3O3/c1-22(17-7-11-24-12-8-17)10-13-25-18-5-2-4-16(14-18)15-21-19(23)6-3-9-20/h2,4-5,14,17H,3,6-13,15,20H2,1H3,(H,21,23). The highest BCUT2D eigenvalue weighted by molar-refractivity contribution is 5.75. The van der Waals surface area contributed by atoms with E-state index in [1.54, 1.807) is 0 Å². The van der Waals surface area contributed by atoms with Crippen molar-refractivity contribution in [2.45, 2.75) is 38.3 Å². The Morgan fingerprint density at radius 2 is 2.20 bits per heavy atom. The number of carbonyl (C=O) groups excluding carboxylic acids is 1. The fraction of sp³-hybridized carbons (Fsp3) is 0.632. The largest absolute Gasteiger partial charge is 0.492 e. The van der Waals surface area contributed by atoms with Crippen molar-refractivity contribution in [3.63, 3.8) is 0 Å². The van der Waals surface area contributed by atoms with Crippen LogP contribution in [-0.2, 0) is 16.1 Å². The van der Waals surface area contributed by atoms with Crippen LogP contribution in [0, 0.1) is 0 Å². The maximum atomic E-state index is 11.6. The molecule has 0 aromatic heterocycles. The Labute approximate surface area is 150 Å². The number of amides is 1. The Bertz CT molecular complexity index is 518. The van der Waals surface area contributed by atoms with Crippen LogP contribution in [0.2, 0.25) is 0 Å². The molecule has 1 aromatic rings. The number of benzene rings is 1. The molecule has 0 radical (unpaired) electrons. The Morgan fingerprint density at radius 1 is 1.40 bits per heavy atom. The Morgan fingerprint density at radius 3 is 2.96 bits per heavy atom. The molecule has 1 aliphatic rings. The summed E-state index contributed by atoms with van der Waals surface area (Å²) in [6, 6.07) is 8.47. The lowest BCUT2D eigenvalue weighted by atomic mass is 10.1. The molecule has 6 heteroatoms. The first kappa shape index (κ1) is 19.7. The third-order valence-corrected chi connectivity index (χ3v) is 4.52. The second-order valence-corrected chi connectivity index (χ2v) is 6.49. The van der Waals surface area contributed by atoms with Crippen molar-refractivity contribution in [3.8, 4) is 5.75 Å². The van der Waals surface area contributed by atoms with Crippen LogP contribution < -0.4 is 15.8 Å². The number of nitrogens with two attached hydrogens (primary N) is 1. The van der Waals surface area contributed by atoms with Crippen molar-refractivity contribution in [1.29, 1.82) is 0 Å². The number of hydrogen-bond acceptors (Lipinski definition) is 5. The zero-order valence-electron chi connectivity index (χ0n) is 15.2. The highest BCUT2D eigenvalue weighted by Gasteiger charge is 2.17. The predicted octanol–water partition coefficient (Wildman–Crippen LogP) is 1.53. The molecule has 0 spiro atoms. The normalized spacial score (nSPS) is 15.3. The van der Waals surface area contributed by atoms with Gasteiger partial charge in [0.1, 0.15) is 12.4 Å². The summed E-state index contributed by atoms with van der Waals surface area (Å²) in [7, 11) is 2.15. The molecule has 1 fully saturated rings. The quantitative estimate of drug-likeness (QED) is 0.670. The van der Waals surface area contributed by atoms with Crippen molar-refractivity contribution in [1.82, 2.24) is 10.2 Å². The summed E-state index contributed by atoms with van der Waals surface area (Å²) in [5, 5.41) is 2.91. The van der Waals surface area contributed by atoms with E-state index in [-0.39, 0.29) is 5.91 Å². The zero-order valence-corrected chi connectivity index (χ0v) is 15.2. The van der Waals surface area contributed by atoms with Crippen LogP contribution in [0.25, 0.3) is 0 Å². The molecule has 3 N–H and O–H groups in total. The number of likely N-dealkylation sites (N-methyl/N-ethyl adjacent to an activating group) is 1. The summed E-state index contributed by atoms with van der Waals surface area (Å²) in [6.07, 6.45) is 3.38. The summed E-state index contributed by atoms with van der Waals surface area (Å²) in [4.78, 5) is 14.0. The number of nitrogens with one attached hydrogen (secondary N) is 1. The molecular weight excluding hydrogens is 318 g/mol. The first-order valence-corrected chi connectivity index (χ1v) is 9.15. The minimum atomic E-state index is 0.0369. The summed E-state index contributed by atoms with van der Waals surface area (Å²) in [6.45, 7) is 4.32. The van der Waals surface area contributed by atoms with Gasteiger partial charge in [-0.05, 0) is 50.6 Å². The lowest BCUT2D eigenvalue weighted by molar-refractivity contribution is -0.121. The van der Waals surface area contributed by atoms with Gasteiger partial charge in [0.05, 0.1) is 0 Å². The number of carbonyl (C=O) groups is 1. The first-order chi connectivity index (χ1) is 12.2.